The second-order valence-corrected chi connectivity index (χ2v) is 10.5. The van der Waals surface area contributed by atoms with Gasteiger partial charge in [0, 0.05) is 54.6 Å². The number of rotatable bonds is 8. The Labute approximate surface area is 202 Å². The first-order chi connectivity index (χ1) is 16.2. The van der Waals surface area contributed by atoms with E-state index >= 15 is 0 Å². The van der Waals surface area contributed by atoms with E-state index in [2.05, 4.69) is 62.1 Å². The van der Waals surface area contributed by atoms with Gasteiger partial charge in [-0.05, 0) is 73.2 Å². The number of ether oxygens (including phenoxy) is 2. The van der Waals surface area contributed by atoms with Gasteiger partial charge in [-0.25, -0.2) is 0 Å². The summed E-state index contributed by atoms with van der Waals surface area (Å²) in [6, 6.07) is 13.6. The van der Waals surface area contributed by atoms with E-state index in [0.29, 0.717) is 12.2 Å². The van der Waals surface area contributed by atoms with Crippen molar-refractivity contribution in [1.82, 2.24) is 9.88 Å². The summed E-state index contributed by atoms with van der Waals surface area (Å²) in [5.74, 6) is 0.623. The smallest absolute Gasteiger partial charge is 0.255 e. The third kappa shape index (κ3) is 5.80. The van der Waals surface area contributed by atoms with Gasteiger partial charge in [0.25, 0.3) is 5.91 Å². The Morgan fingerprint density at radius 1 is 1.18 bits per heavy atom. The van der Waals surface area contributed by atoms with Crippen LogP contribution in [0.3, 0.4) is 0 Å². The molecule has 2 heterocycles. The molecule has 2 N–H and O–H groups in total. The summed E-state index contributed by atoms with van der Waals surface area (Å²) in [6.45, 7) is 11.9. The number of aromatic nitrogens is 1. The van der Waals surface area contributed by atoms with Crippen molar-refractivity contribution in [2.75, 3.05) is 25.1 Å². The van der Waals surface area contributed by atoms with Gasteiger partial charge in [-0.1, -0.05) is 20.8 Å². The highest BCUT2D eigenvalue weighted by Gasteiger charge is 2.17. The highest BCUT2D eigenvalue weighted by molar-refractivity contribution is 6.06. The van der Waals surface area contributed by atoms with Crippen molar-refractivity contribution >= 4 is 22.5 Å². The normalized spacial score (nSPS) is 16.2. The maximum absolute atomic E-state index is 12.9. The predicted molar refractivity (Wildman–Crippen MR) is 138 cm³/mol. The minimum Gasteiger partial charge on any atom is -0.491 e. The molecular weight excluding hydrogens is 426 g/mol. The van der Waals surface area contributed by atoms with Crippen LogP contribution < -0.4 is 15.4 Å². The molecule has 1 saturated heterocycles. The van der Waals surface area contributed by atoms with Crippen molar-refractivity contribution in [1.29, 1.82) is 0 Å². The molecule has 1 aliphatic rings. The van der Waals surface area contributed by atoms with Gasteiger partial charge >= 0.3 is 0 Å². The number of carbonyl (C=O) groups excluding carboxylic acids is 1. The molecule has 0 radical (unpaired) electrons. The maximum atomic E-state index is 12.9. The largest absolute Gasteiger partial charge is 0.491 e. The van der Waals surface area contributed by atoms with Gasteiger partial charge in [-0.3, -0.25) is 4.79 Å². The number of nitrogens with one attached hydrogen (secondary N) is 2. The monoisotopic (exact) mass is 463 g/mol. The van der Waals surface area contributed by atoms with Crippen LogP contribution >= 0.6 is 0 Å². The fraction of sp³-hybridized carbons (Fsp3) is 0.464. The number of aryl methyl sites for hydroxylation is 2. The van der Waals surface area contributed by atoms with E-state index in [9.17, 15) is 4.79 Å². The first-order valence-corrected chi connectivity index (χ1v) is 12.2. The first kappa shape index (κ1) is 24.3. The zero-order valence-corrected chi connectivity index (χ0v) is 21.0. The van der Waals surface area contributed by atoms with Crippen LogP contribution in [0.5, 0.6) is 5.75 Å². The number of hydrogen-bond donors (Lipinski definition) is 2. The second kappa shape index (κ2) is 10.2. The molecule has 3 aromatic rings. The van der Waals surface area contributed by atoms with Gasteiger partial charge in [0.15, 0.2) is 0 Å². The molecule has 2 aromatic carbocycles. The lowest BCUT2D eigenvalue weighted by molar-refractivity contribution is 0.0679. The average molecular weight is 464 g/mol. The molecule has 6 heteroatoms. The number of carbonyl (C=O) groups is 1. The Morgan fingerprint density at radius 3 is 2.62 bits per heavy atom. The third-order valence-corrected chi connectivity index (χ3v) is 6.38. The van der Waals surface area contributed by atoms with E-state index < -0.39 is 0 Å². The van der Waals surface area contributed by atoms with Crippen molar-refractivity contribution in [2.45, 2.75) is 53.2 Å². The number of fused-ring (bicyclic) bond motifs is 1. The van der Waals surface area contributed by atoms with Gasteiger partial charge in [0.2, 0.25) is 0 Å². The lowest BCUT2D eigenvalue weighted by atomic mass is 9.97. The Bertz CT molecular complexity index is 1140. The van der Waals surface area contributed by atoms with Gasteiger partial charge in [0.1, 0.15) is 12.4 Å². The lowest BCUT2D eigenvalue weighted by Gasteiger charge is -2.18. The van der Waals surface area contributed by atoms with Crippen LogP contribution in [0.1, 0.15) is 55.2 Å². The van der Waals surface area contributed by atoms with Gasteiger partial charge in [0.05, 0.1) is 6.10 Å². The van der Waals surface area contributed by atoms with Gasteiger partial charge < -0.3 is 24.7 Å². The quantitative estimate of drug-likeness (QED) is 0.467. The van der Waals surface area contributed by atoms with Gasteiger partial charge in [-0.15, -0.1) is 0 Å². The lowest BCUT2D eigenvalue weighted by Crippen LogP contribution is -2.27. The van der Waals surface area contributed by atoms with E-state index in [0.717, 1.165) is 60.4 Å². The standard InChI is InChI=1S/C28H37N3O3/c1-19-24-15-21(16-29-18-28(2,3)4)31(5)26(24)13-12-25(19)30-27(32)20-8-10-22(11-9-20)34-17-23-7-6-14-33-23/h8-13,15,23,29H,6-7,14,16-18H2,1-5H3,(H,30,32)/t23-/m0/s1. The molecule has 4 rings (SSSR count). The zero-order chi connectivity index (χ0) is 24.3. The molecule has 0 bridgehead atoms. The molecule has 34 heavy (non-hydrogen) atoms. The van der Waals surface area contributed by atoms with Crippen LogP contribution in [0.15, 0.2) is 42.5 Å². The Hall–Kier alpha value is -2.83. The Kier molecular flexibility index (Phi) is 7.29. The summed E-state index contributed by atoms with van der Waals surface area (Å²) < 4.78 is 13.6. The summed E-state index contributed by atoms with van der Waals surface area (Å²) in [6.07, 6.45) is 2.31. The number of amides is 1. The van der Waals surface area contributed by atoms with Crippen LogP contribution in [-0.4, -0.2) is 36.3 Å². The second-order valence-electron chi connectivity index (χ2n) is 10.5. The molecule has 1 aromatic heterocycles. The molecule has 1 aliphatic heterocycles. The molecule has 1 fully saturated rings. The van der Waals surface area contributed by atoms with Crippen LogP contribution in [0.4, 0.5) is 5.69 Å². The molecule has 182 valence electrons. The minimum atomic E-state index is -0.129. The molecule has 0 saturated carbocycles. The number of anilines is 1. The Morgan fingerprint density at radius 2 is 1.94 bits per heavy atom. The predicted octanol–water partition coefficient (Wildman–Crippen LogP) is 5.43. The first-order valence-electron chi connectivity index (χ1n) is 12.2. The van der Waals surface area contributed by atoms with Gasteiger partial charge in [-0.2, -0.15) is 0 Å². The molecule has 0 unspecified atom stereocenters. The maximum Gasteiger partial charge on any atom is 0.255 e. The van der Waals surface area contributed by atoms with E-state index in [-0.39, 0.29) is 17.4 Å². The zero-order valence-electron chi connectivity index (χ0n) is 21.0. The van der Waals surface area contributed by atoms with E-state index in [4.69, 9.17) is 9.47 Å². The highest BCUT2D eigenvalue weighted by Crippen LogP contribution is 2.29. The SMILES string of the molecule is Cc1c(NC(=O)c2ccc(OC[C@@H]3CCCO3)cc2)ccc2c1cc(CNCC(C)(C)C)n2C. The Balaban J connectivity index is 1.41. The average Bonchev–Trinajstić information content (AvgIpc) is 3.42. The summed E-state index contributed by atoms with van der Waals surface area (Å²) in [7, 11) is 2.09. The van der Waals surface area contributed by atoms with Crippen molar-refractivity contribution in [2.24, 2.45) is 12.5 Å². The topological polar surface area (TPSA) is 64.5 Å². The van der Waals surface area contributed by atoms with E-state index in [1.165, 1.54) is 5.69 Å². The van der Waals surface area contributed by atoms with Crippen LogP contribution in [0.2, 0.25) is 0 Å². The fourth-order valence-corrected chi connectivity index (χ4v) is 4.34. The van der Waals surface area contributed by atoms with E-state index in [1.54, 1.807) is 12.1 Å². The van der Waals surface area contributed by atoms with Crippen LogP contribution in [0, 0.1) is 12.3 Å². The summed E-state index contributed by atoms with van der Waals surface area (Å²) >= 11 is 0. The van der Waals surface area contributed by atoms with Crippen LogP contribution in [-0.2, 0) is 18.3 Å². The summed E-state index contributed by atoms with van der Waals surface area (Å²) in [4.78, 5) is 12.9. The molecule has 1 atom stereocenters. The summed E-state index contributed by atoms with van der Waals surface area (Å²) in [5, 5.41) is 7.79. The van der Waals surface area contributed by atoms with E-state index in [1.807, 2.05) is 18.2 Å². The number of hydrogen-bond acceptors (Lipinski definition) is 4. The molecule has 0 spiro atoms. The number of benzene rings is 2. The summed E-state index contributed by atoms with van der Waals surface area (Å²) in [5.41, 5.74) is 5.13. The minimum absolute atomic E-state index is 0.129. The van der Waals surface area contributed by atoms with Crippen molar-refractivity contribution in [3.63, 3.8) is 0 Å². The molecule has 6 nitrogen and oxygen atoms in total. The molecular formula is C28H37N3O3. The van der Waals surface area contributed by atoms with Crippen molar-refractivity contribution in [3.05, 3.63) is 59.3 Å². The van der Waals surface area contributed by atoms with Crippen LogP contribution in [0.25, 0.3) is 10.9 Å². The van der Waals surface area contributed by atoms with Crippen molar-refractivity contribution < 1.29 is 14.3 Å². The third-order valence-electron chi connectivity index (χ3n) is 6.38. The fourth-order valence-electron chi connectivity index (χ4n) is 4.34. The molecule has 0 aliphatic carbocycles. The number of nitrogens with zero attached hydrogens (tertiary/aromatic N) is 1. The molecule has 1 amide bonds. The van der Waals surface area contributed by atoms with Crippen molar-refractivity contribution in [3.8, 4) is 5.75 Å². The highest BCUT2D eigenvalue weighted by atomic mass is 16.5.